The molecule has 0 bridgehead atoms. The zero-order chi connectivity index (χ0) is 18.4. The molecule has 0 atom stereocenters. The molecule has 0 saturated carbocycles. The Morgan fingerprint density at radius 1 is 1.22 bits per heavy atom. The van der Waals surface area contributed by atoms with Crippen LogP contribution in [0.2, 0.25) is 0 Å². The number of nitrogens with one attached hydrogen (secondary N) is 1. The van der Waals surface area contributed by atoms with Crippen molar-refractivity contribution >= 4 is 47.2 Å². The van der Waals surface area contributed by atoms with Gasteiger partial charge in [-0.05, 0) is 42.7 Å². The number of ether oxygens (including phenoxy) is 1. The van der Waals surface area contributed by atoms with Crippen molar-refractivity contribution in [2.45, 2.75) is 19.8 Å². The first kappa shape index (κ1) is 21.0. The van der Waals surface area contributed by atoms with Gasteiger partial charge in [-0.15, -0.1) is 24.0 Å². The minimum atomic E-state index is -0.0326. The number of halogens is 1. The molecule has 0 radical (unpaired) electrons. The first-order chi connectivity index (χ1) is 12.7. The summed E-state index contributed by atoms with van der Waals surface area (Å²) < 4.78 is 5.44. The normalized spacial score (nSPS) is 13.4. The van der Waals surface area contributed by atoms with Gasteiger partial charge in [0.05, 0.1) is 5.69 Å². The highest BCUT2D eigenvalue weighted by Crippen LogP contribution is 2.31. The maximum absolute atomic E-state index is 12.1. The summed E-state index contributed by atoms with van der Waals surface area (Å²) >= 11 is 0. The number of fused-ring (bicyclic) bond motifs is 1. The molecule has 0 saturated heterocycles. The van der Waals surface area contributed by atoms with E-state index in [1.807, 2.05) is 36.4 Å². The van der Waals surface area contributed by atoms with Crippen molar-refractivity contribution < 1.29 is 9.53 Å². The lowest BCUT2D eigenvalue weighted by Crippen LogP contribution is -2.39. The van der Waals surface area contributed by atoms with E-state index in [2.05, 4.69) is 29.4 Å². The number of nitrogens with two attached hydrogens (primary N) is 1. The molecule has 2 aromatic rings. The summed E-state index contributed by atoms with van der Waals surface area (Å²) in [4.78, 5) is 18.2. The van der Waals surface area contributed by atoms with Gasteiger partial charge in [0.2, 0.25) is 0 Å². The van der Waals surface area contributed by atoms with Gasteiger partial charge in [0, 0.05) is 18.8 Å². The molecule has 1 aliphatic rings. The van der Waals surface area contributed by atoms with Crippen molar-refractivity contribution in [1.29, 1.82) is 0 Å². The average Bonchev–Trinajstić information content (AvgIpc) is 2.67. The number of rotatable bonds is 6. The standard InChI is InChI=1S/C20H24N4O2.HI/c1-2-15-8-10-16(11-9-15)23-20(21)22-12-5-13-24-17-6-3-4-7-18(17)26-14-19(24)25;/h3-4,6-11H,2,5,12-14H2,1H3,(H3,21,22,23);1H. The number of hydrogen-bond donors (Lipinski definition) is 2. The molecule has 27 heavy (non-hydrogen) atoms. The van der Waals surface area contributed by atoms with E-state index in [4.69, 9.17) is 10.5 Å². The lowest BCUT2D eigenvalue weighted by atomic mass is 10.1. The Labute approximate surface area is 176 Å². The Kier molecular flexibility index (Phi) is 7.90. The van der Waals surface area contributed by atoms with Crippen LogP contribution in [0.15, 0.2) is 53.5 Å². The van der Waals surface area contributed by atoms with E-state index >= 15 is 0 Å². The molecule has 144 valence electrons. The lowest BCUT2D eigenvalue weighted by molar-refractivity contribution is -0.121. The topological polar surface area (TPSA) is 80.0 Å². The fourth-order valence-electron chi connectivity index (χ4n) is 2.84. The predicted octanol–water partition coefficient (Wildman–Crippen LogP) is 3.41. The molecule has 7 heteroatoms. The van der Waals surface area contributed by atoms with Gasteiger partial charge < -0.3 is 20.7 Å². The summed E-state index contributed by atoms with van der Waals surface area (Å²) in [5.74, 6) is 1.09. The van der Waals surface area contributed by atoms with E-state index in [1.54, 1.807) is 4.90 Å². The molecule has 2 aromatic carbocycles. The van der Waals surface area contributed by atoms with E-state index in [0.29, 0.717) is 19.0 Å². The molecule has 1 amide bonds. The van der Waals surface area contributed by atoms with Crippen LogP contribution in [0.1, 0.15) is 18.9 Å². The highest BCUT2D eigenvalue weighted by atomic mass is 127. The fourth-order valence-corrected chi connectivity index (χ4v) is 2.84. The number of carbonyl (C=O) groups excluding carboxylic acids is 1. The highest BCUT2D eigenvalue weighted by molar-refractivity contribution is 14.0. The van der Waals surface area contributed by atoms with Gasteiger partial charge in [-0.3, -0.25) is 9.79 Å². The molecular formula is C20H25IN4O2. The van der Waals surface area contributed by atoms with E-state index < -0.39 is 0 Å². The molecule has 1 heterocycles. The second-order valence-electron chi connectivity index (χ2n) is 6.10. The summed E-state index contributed by atoms with van der Waals surface area (Å²) in [6.07, 6.45) is 1.73. The number of amides is 1. The Bertz CT molecular complexity index is 793. The predicted molar refractivity (Wildman–Crippen MR) is 120 cm³/mol. The van der Waals surface area contributed by atoms with Crippen LogP contribution in [0.5, 0.6) is 5.75 Å². The first-order valence-electron chi connectivity index (χ1n) is 8.85. The minimum Gasteiger partial charge on any atom is -0.482 e. The van der Waals surface area contributed by atoms with Crippen molar-refractivity contribution in [3.8, 4) is 5.75 Å². The first-order valence-corrected chi connectivity index (χ1v) is 8.85. The van der Waals surface area contributed by atoms with Crippen LogP contribution in [0.4, 0.5) is 11.4 Å². The van der Waals surface area contributed by atoms with E-state index in [-0.39, 0.29) is 36.5 Å². The largest absolute Gasteiger partial charge is 0.482 e. The maximum Gasteiger partial charge on any atom is 0.265 e. The Morgan fingerprint density at radius 2 is 1.96 bits per heavy atom. The van der Waals surface area contributed by atoms with E-state index in [0.717, 1.165) is 30.0 Å². The average molecular weight is 480 g/mol. The number of aryl methyl sites for hydroxylation is 1. The van der Waals surface area contributed by atoms with Gasteiger partial charge in [-0.1, -0.05) is 31.2 Å². The number of hydrogen-bond acceptors (Lipinski definition) is 3. The summed E-state index contributed by atoms with van der Waals surface area (Å²) in [5.41, 5.74) is 8.95. The SMILES string of the molecule is CCc1ccc(NC(N)=NCCCN2C(=O)COc3ccccc32)cc1.I. The van der Waals surface area contributed by atoms with Crippen LogP contribution >= 0.6 is 24.0 Å². The van der Waals surface area contributed by atoms with Gasteiger partial charge in [-0.25, -0.2) is 0 Å². The van der Waals surface area contributed by atoms with Gasteiger partial charge in [-0.2, -0.15) is 0 Å². The molecule has 3 N–H and O–H groups in total. The molecule has 0 spiro atoms. The Balaban J connectivity index is 0.00000261. The van der Waals surface area contributed by atoms with Crippen LogP contribution in [0.3, 0.4) is 0 Å². The van der Waals surface area contributed by atoms with Crippen LogP contribution in [-0.4, -0.2) is 31.6 Å². The fraction of sp³-hybridized carbons (Fsp3) is 0.300. The van der Waals surface area contributed by atoms with Crippen LogP contribution in [-0.2, 0) is 11.2 Å². The monoisotopic (exact) mass is 480 g/mol. The molecular weight excluding hydrogens is 455 g/mol. The molecule has 3 rings (SSSR count). The minimum absolute atomic E-state index is 0. The second-order valence-corrected chi connectivity index (χ2v) is 6.10. The number of carbonyl (C=O) groups is 1. The summed E-state index contributed by atoms with van der Waals surface area (Å²) in [5, 5.41) is 3.08. The molecule has 0 aliphatic carbocycles. The number of benzene rings is 2. The highest BCUT2D eigenvalue weighted by Gasteiger charge is 2.24. The van der Waals surface area contributed by atoms with Gasteiger partial charge in [0.25, 0.3) is 5.91 Å². The number of guanidine groups is 1. The summed E-state index contributed by atoms with van der Waals surface area (Å²) in [7, 11) is 0. The Morgan fingerprint density at radius 3 is 2.70 bits per heavy atom. The van der Waals surface area contributed by atoms with Crippen LogP contribution in [0.25, 0.3) is 0 Å². The van der Waals surface area contributed by atoms with Crippen molar-refractivity contribution in [3.63, 3.8) is 0 Å². The third-order valence-corrected chi connectivity index (χ3v) is 4.26. The van der Waals surface area contributed by atoms with Crippen molar-refractivity contribution in [3.05, 3.63) is 54.1 Å². The number of nitrogens with zero attached hydrogens (tertiary/aromatic N) is 2. The van der Waals surface area contributed by atoms with E-state index in [9.17, 15) is 4.79 Å². The quantitative estimate of drug-likeness (QED) is 0.288. The van der Waals surface area contributed by atoms with Crippen molar-refractivity contribution in [2.75, 3.05) is 29.9 Å². The van der Waals surface area contributed by atoms with Crippen LogP contribution < -0.4 is 20.7 Å². The molecule has 6 nitrogen and oxygen atoms in total. The Hall–Kier alpha value is -2.29. The number of aliphatic imine (C=N–C) groups is 1. The van der Waals surface area contributed by atoms with Crippen molar-refractivity contribution in [2.24, 2.45) is 10.7 Å². The maximum atomic E-state index is 12.1. The van der Waals surface area contributed by atoms with Gasteiger partial charge >= 0.3 is 0 Å². The second kappa shape index (κ2) is 10.1. The third-order valence-electron chi connectivity index (χ3n) is 4.26. The van der Waals surface area contributed by atoms with Gasteiger partial charge in [0.15, 0.2) is 12.6 Å². The molecule has 0 fully saturated rings. The number of para-hydroxylation sites is 2. The number of anilines is 2. The van der Waals surface area contributed by atoms with Crippen LogP contribution in [0, 0.1) is 0 Å². The summed E-state index contributed by atoms with van der Waals surface area (Å²) in [6, 6.07) is 15.7. The molecule has 1 aliphatic heterocycles. The summed E-state index contributed by atoms with van der Waals surface area (Å²) in [6.45, 7) is 3.33. The smallest absolute Gasteiger partial charge is 0.265 e. The van der Waals surface area contributed by atoms with Crippen molar-refractivity contribution in [1.82, 2.24) is 0 Å². The van der Waals surface area contributed by atoms with Gasteiger partial charge in [0.1, 0.15) is 5.75 Å². The zero-order valence-corrected chi connectivity index (χ0v) is 17.7. The third kappa shape index (κ3) is 5.59. The molecule has 0 unspecified atom stereocenters. The molecule has 0 aromatic heterocycles. The zero-order valence-electron chi connectivity index (χ0n) is 15.4. The lowest BCUT2D eigenvalue weighted by Gasteiger charge is -2.29. The van der Waals surface area contributed by atoms with E-state index in [1.165, 1.54) is 5.56 Å².